The van der Waals surface area contributed by atoms with Crippen LogP contribution < -0.4 is 0 Å². The Balaban J connectivity index is 1.60. The Kier molecular flexibility index (Phi) is 4.97. The number of hydrogen-bond acceptors (Lipinski definition) is 4. The predicted octanol–water partition coefficient (Wildman–Crippen LogP) is 1.63. The van der Waals surface area contributed by atoms with E-state index in [1.165, 1.54) is 5.56 Å². The Morgan fingerprint density at radius 2 is 2.00 bits per heavy atom. The summed E-state index contributed by atoms with van der Waals surface area (Å²) in [6, 6.07) is 5.20. The molecule has 0 bridgehead atoms. The maximum atomic E-state index is 11.5. The van der Waals surface area contributed by atoms with Crippen molar-refractivity contribution in [3.8, 4) is 0 Å². The van der Waals surface area contributed by atoms with Gasteiger partial charge < -0.3 is 4.90 Å². The fraction of sp³-hybridized carbons (Fsp3) is 0.667. The highest BCUT2D eigenvalue weighted by molar-refractivity contribution is 5.73. The van der Waals surface area contributed by atoms with Crippen molar-refractivity contribution >= 4 is 5.91 Å². The minimum Gasteiger partial charge on any atom is -0.340 e. The maximum absolute atomic E-state index is 11.5. The molecule has 5 heteroatoms. The molecule has 126 valence electrons. The molecule has 2 saturated heterocycles. The molecule has 1 aromatic rings. The highest BCUT2D eigenvalue weighted by Gasteiger charge is 2.37. The molecule has 1 aromatic heterocycles. The molecule has 2 aliphatic heterocycles. The average Bonchev–Trinajstić information content (AvgIpc) is 2.97. The van der Waals surface area contributed by atoms with Crippen molar-refractivity contribution in [3.63, 3.8) is 0 Å². The summed E-state index contributed by atoms with van der Waals surface area (Å²) in [7, 11) is 0. The highest BCUT2D eigenvalue weighted by atomic mass is 16.2. The Labute approximate surface area is 139 Å². The molecule has 2 fully saturated rings. The Bertz CT molecular complexity index is 527. The third kappa shape index (κ3) is 3.56. The van der Waals surface area contributed by atoms with Gasteiger partial charge in [-0.3, -0.25) is 19.6 Å². The molecular weight excluding hydrogens is 288 g/mol. The number of nitrogens with zero attached hydrogens (tertiary/aromatic N) is 4. The summed E-state index contributed by atoms with van der Waals surface area (Å²) in [6.07, 6.45) is 3.81. The molecule has 23 heavy (non-hydrogen) atoms. The lowest BCUT2D eigenvalue weighted by molar-refractivity contribution is -0.130. The Morgan fingerprint density at radius 3 is 2.61 bits per heavy atom. The van der Waals surface area contributed by atoms with Crippen molar-refractivity contribution in [3.05, 3.63) is 30.1 Å². The van der Waals surface area contributed by atoms with Crippen molar-refractivity contribution in [1.29, 1.82) is 0 Å². The summed E-state index contributed by atoms with van der Waals surface area (Å²) in [5.74, 6) is 0.869. The lowest BCUT2D eigenvalue weighted by Gasteiger charge is -2.39. The zero-order valence-electron chi connectivity index (χ0n) is 14.5. The lowest BCUT2D eigenvalue weighted by atomic mass is 10.0. The molecular formula is C18H28N4O. The second kappa shape index (κ2) is 6.97. The van der Waals surface area contributed by atoms with Gasteiger partial charge in [-0.1, -0.05) is 13.0 Å². The molecule has 0 saturated carbocycles. The number of rotatable bonds is 3. The molecule has 3 atom stereocenters. The smallest absolute Gasteiger partial charge is 0.219 e. The minimum absolute atomic E-state index is 0.205. The van der Waals surface area contributed by atoms with E-state index in [0.717, 1.165) is 39.3 Å². The van der Waals surface area contributed by atoms with Gasteiger partial charge in [0.2, 0.25) is 5.91 Å². The summed E-state index contributed by atoms with van der Waals surface area (Å²) in [5, 5.41) is 0. The zero-order valence-corrected chi connectivity index (χ0v) is 14.5. The van der Waals surface area contributed by atoms with E-state index in [0.29, 0.717) is 18.0 Å². The van der Waals surface area contributed by atoms with Gasteiger partial charge in [-0.25, -0.2) is 0 Å². The number of carbonyl (C=O) groups is 1. The van der Waals surface area contributed by atoms with E-state index in [1.807, 2.05) is 23.4 Å². The van der Waals surface area contributed by atoms with Gasteiger partial charge in [-0.2, -0.15) is 0 Å². The van der Waals surface area contributed by atoms with Gasteiger partial charge in [0.05, 0.1) is 0 Å². The van der Waals surface area contributed by atoms with Gasteiger partial charge in [0.15, 0.2) is 0 Å². The Morgan fingerprint density at radius 1 is 1.26 bits per heavy atom. The maximum Gasteiger partial charge on any atom is 0.219 e. The standard InChI is InChI=1S/C18H28N4O/c1-14-12-22(15(2)17-5-4-6-19-11-17)13-18(14)21-9-7-20(8-10-21)16(3)23/h4-6,11,14-15,18H,7-10,12-13H2,1-3H3. The number of aromatic nitrogens is 1. The molecule has 0 aromatic carbocycles. The van der Waals surface area contributed by atoms with E-state index < -0.39 is 0 Å². The van der Waals surface area contributed by atoms with Crippen LogP contribution in [0.2, 0.25) is 0 Å². The number of carbonyl (C=O) groups excluding carboxylic acids is 1. The predicted molar refractivity (Wildman–Crippen MR) is 91.0 cm³/mol. The minimum atomic E-state index is 0.205. The monoisotopic (exact) mass is 316 g/mol. The molecule has 0 spiro atoms. The van der Waals surface area contributed by atoms with Crippen LogP contribution >= 0.6 is 0 Å². The molecule has 1 amide bonds. The first-order valence-corrected chi connectivity index (χ1v) is 8.70. The van der Waals surface area contributed by atoms with Crippen LogP contribution in [0.15, 0.2) is 24.5 Å². The van der Waals surface area contributed by atoms with E-state index in [1.54, 1.807) is 6.92 Å². The quantitative estimate of drug-likeness (QED) is 0.850. The molecule has 0 aliphatic carbocycles. The van der Waals surface area contributed by atoms with Crippen LogP contribution in [0.5, 0.6) is 0 Å². The van der Waals surface area contributed by atoms with Crippen LogP contribution in [0.1, 0.15) is 32.4 Å². The molecule has 0 N–H and O–H groups in total. The summed E-state index contributed by atoms with van der Waals surface area (Å²) in [4.78, 5) is 22.9. The fourth-order valence-electron chi connectivity index (χ4n) is 3.98. The largest absolute Gasteiger partial charge is 0.340 e. The van der Waals surface area contributed by atoms with Crippen molar-refractivity contribution in [2.24, 2.45) is 5.92 Å². The molecule has 3 rings (SSSR count). The molecule has 3 heterocycles. The summed E-state index contributed by atoms with van der Waals surface area (Å²) >= 11 is 0. The van der Waals surface area contributed by atoms with E-state index >= 15 is 0 Å². The van der Waals surface area contributed by atoms with Crippen molar-refractivity contribution in [1.82, 2.24) is 19.7 Å². The van der Waals surface area contributed by atoms with Crippen molar-refractivity contribution in [2.75, 3.05) is 39.3 Å². The van der Waals surface area contributed by atoms with Crippen LogP contribution in [0.4, 0.5) is 0 Å². The Hall–Kier alpha value is -1.46. The van der Waals surface area contributed by atoms with Crippen LogP contribution in [0, 0.1) is 5.92 Å². The zero-order chi connectivity index (χ0) is 16.4. The van der Waals surface area contributed by atoms with Gasteiger partial charge in [0, 0.05) is 70.7 Å². The first-order valence-electron chi connectivity index (χ1n) is 8.70. The van der Waals surface area contributed by atoms with E-state index in [-0.39, 0.29) is 5.91 Å². The fourth-order valence-corrected chi connectivity index (χ4v) is 3.98. The molecule has 5 nitrogen and oxygen atoms in total. The second-order valence-electron chi connectivity index (χ2n) is 7.00. The van der Waals surface area contributed by atoms with Gasteiger partial charge in [0.1, 0.15) is 0 Å². The number of hydrogen-bond donors (Lipinski definition) is 0. The lowest BCUT2D eigenvalue weighted by Crippen LogP contribution is -2.53. The summed E-state index contributed by atoms with van der Waals surface area (Å²) < 4.78 is 0. The van der Waals surface area contributed by atoms with E-state index in [4.69, 9.17) is 0 Å². The van der Waals surface area contributed by atoms with Crippen LogP contribution in [-0.4, -0.2) is 70.9 Å². The third-order valence-electron chi connectivity index (χ3n) is 5.54. The van der Waals surface area contributed by atoms with Crippen molar-refractivity contribution < 1.29 is 4.79 Å². The van der Waals surface area contributed by atoms with E-state index in [2.05, 4.69) is 34.7 Å². The topological polar surface area (TPSA) is 39.7 Å². The van der Waals surface area contributed by atoms with Crippen LogP contribution in [0.3, 0.4) is 0 Å². The van der Waals surface area contributed by atoms with Crippen LogP contribution in [0.25, 0.3) is 0 Å². The highest BCUT2D eigenvalue weighted by Crippen LogP contribution is 2.30. The summed E-state index contributed by atoms with van der Waals surface area (Å²) in [6.45, 7) is 12.3. The number of piperazine rings is 1. The number of amides is 1. The second-order valence-corrected chi connectivity index (χ2v) is 7.00. The van der Waals surface area contributed by atoms with Gasteiger partial charge in [-0.15, -0.1) is 0 Å². The number of likely N-dealkylation sites (tertiary alicyclic amines) is 1. The SMILES string of the molecule is CC(=O)N1CCN(C2CN(C(C)c3cccnc3)CC2C)CC1. The average molecular weight is 316 g/mol. The van der Waals surface area contributed by atoms with Crippen LogP contribution in [-0.2, 0) is 4.79 Å². The summed E-state index contributed by atoms with van der Waals surface area (Å²) in [5.41, 5.74) is 1.29. The molecule has 2 aliphatic rings. The first-order chi connectivity index (χ1) is 11.1. The normalized spacial score (nSPS) is 28.0. The number of pyridine rings is 1. The third-order valence-corrected chi connectivity index (χ3v) is 5.54. The molecule has 3 unspecified atom stereocenters. The van der Waals surface area contributed by atoms with Gasteiger partial charge in [-0.05, 0) is 24.5 Å². The van der Waals surface area contributed by atoms with Crippen molar-refractivity contribution in [2.45, 2.75) is 32.9 Å². The van der Waals surface area contributed by atoms with Gasteiger partial charge >= 0.3 is 0 Å². The first kappa shape index (κ1) is 16.4. The van der Waals surface area contributed by atoms with E-state index in [9.17, 15) is 4.79 Å². The van der Waals surface area contributed by atoms with Gasteiger partial charge in [0.25, 0.3) is 0 Å². The molecule has 0 radical (unpaired) electrons.